The Morgan fingerprint density at radius 1 is 1.67 bits per heavy atom. The molecule has 0 spiro atoms. The van der Waals surface area contributed by atoms with Gasteiger partial charge in [-0.1, -0.05) is 15.9 Å². The molecule has 0 N–H and O–H groups in total. The molecular formula is C8H10BrNOS. The maximum Gasteiger partial charge on any atom is 0.0937 e. The molecule has 1 aromatic heterocycles. The highest BCUT2D eigenvalue weighted by Gasteiger charge is 2.26. The van der Waals surface area contributed by atoms with Crippen molar-refractivity contribution in [3.05, 3.63) is 17.1 Å². The fourth-order valence-corrected chi connectivity index (χ4v) is 2.55. The standard InChI is InChI=1S/C8H10BrNOS/c9-5-6-1-2-7(11-6)8-3-4-10-12-8/h3-4,6-7H,1-2,5H2. The lowest BCUT2D eigenvalue weighted by atomic mass is 10.2. The van der Waals surface area contributed by atoms with Gasteiger partial charge in [-0.3, -0.25) is 0 Å². The van der Waals surface area contributed by atoms with Gasteiger partial charge in [-0.25, -0.2) is 4.37 Å². The second kappa shape index (κ2) is 3.85. The predicted octanol–water partition coefficient (Wildman–Crippen LogP) is 2.76. The Morgan fingerprint density at radius 2 is 2.58 bits per heavy atom. The molecule has 0 aromatic carbocycles. The average Bonchev–Trinajstić information content (AvgIpc) is 2.75. The van der Waals surface area contributed by atoms with Crippen molar-refractivity contribution in [1.82, 2.24) is 4.37 Å². The highest BCUT2D eigenvalue weighted by atomic mass is 79.9. The van der Waals surface area contributed by atoms with Gasteiger partial charge in [0.1, 0.15) is 0 Å². The molecule has 2 nitrogen and oxygen atoms in total. The third kappa shape index (κ3) is 1.70. The lowest BCUT2D eigenvalue weighted by Gasteiger charge is -2.08. The van der Waals surface area contributed by atoms with Crippen LogP contribution in [0, 0.1) is 0 Å². The molecule has 1 aromatic rings. The van der Waals surface area contributed by atoms with E-state index in [2.05, 4.69) is 20.3 Å². The topological polar surface area (TPSA) is 22.1 Å². The number of rotatable bonds is 2. The van der Waals surface area contributed by atoms with Gasteiger partial charge in [0.05, 0.1) is 17.1 Å². The molecule has 66 valence electrons. The summed E-state index contributed by atoms with van der Waals surface area (Å²) in [7, 11) is 0. The van der Waals surface area contributed by atoms with E-state index in [-0.39, 0.29) is 0 Å². The highest BCUT2D eigenvalue weighted by Crippen LogP contribution is 2.34. The summed E-state index contributed by atoms with van der Waals surface area (Å²) in [6, 6.07) is 2.05. The Kier molecular flexibility index (Phi) is 2.78. The Labute approximate surface area is 84.2 Å². The van der Waals surface area contributed by atoms with Gasteiger partial charge in [-0.15, -0.1) is 0 Å². The number of nitrogens with zero attached hydrogens (tertiary/aromatic N) is 1. The fraction of sp³-hybridized carbons (Fsp3) is 0.625. The number of ether oxygens (including phenoxy) is 1. The average molecular weight is 248 g/mol. The normalized spacial score (nSPS) is 29.4. The quantitative estimate of drug-likeness (QED) is 0.751. The van der Waals surface area contributed by atoms with Crippen LogP contribution in [-0.4, -0.2) is 15.8 Å². The molecule has 1 aliphatic heterocycles. The van der Waals surface area contributed by atoms with Crippen LogP contribution in [0.25, 0.3) is 0 Å². The Morgan fingerprint density at radius 3 is 3.17 bits per heavy atom. The first-order valence-corrected chi connectivity index (χ1v) is 5.91. The molecule has 2 unspecified atom stereocenters. The van der Waals surface area contributed by atoms with Crippen LogP contribution in [0.5, 0.6) is 0 Å². The van der Waals surface area contributed by atoms with Gasteiger partial charge in [-0.05, 0) is 30.4 Å². The minimum absolute atomic E-state index is 0.306. The van der Waals surface area contributed by atoms with Crippen LogP contribution in [0.2, 0.25) is 0 Å². The van der Waals surface area contributed by atoms with Gasteiger partial charge in [0.25, 0.3) is 0 Å². The fourth-order valence-electron chi connectivity index (χ4n) is 1.42. The van der Waals surface area contributed by atoms with Gasteiger partial charge in [0.2, 0.25) is 0 Å². The van der Waals surface area contributed by atoms with Crippen molar-refractivity contribution >= 4 is 27.5 Å². The molecule has 2 atom stereocenters. The number of aromatic nitrogens is 1. The Balaban J connectivity index is 2.00. The lowest BCUT2D eigenvalue weighted by molar-refractivity contribution is 0.0610. The Hall–Kier alpha value is 0.0700. The molecule has 0 aliphatic carbocycles. The zero-order valence-corrected chi connectivity index (χ0v) is 8.97. The van der Waals surface area contributed by atoms with Crippen molar-refractivity contribution in [2.75, 3.05) is 5.33 Å². The summed E-state index contributed by atoms with van der Waals surface area (Å²) in [5.41, 5.74) is 0. The van der Waals surface area contributed by atoms with Crippen LogP contribution in [-0.2, 0) is 4.74 Å². The van der Waals surface area contributed by atoms with Crippen molar-refractivity contribution < 1.29 is 4.74 Å². The second-order valence-corrected chi connectivity index (χ2v) is 4.41. The molecule has 1 saturated heterocycles. The number of alkyl halides is 1. The second-order valence-electron chi connectivity index (χ2n) is 2.89. The van der Waals surface area contributed by atoms with E-state index in [1.807, 2.05) is 12.3 Å². The molecule has 4 heteroatoms. The monoisotopic (exact) mass is 247 g/mol. The molecule has 1 aliphatic rings. The molecule has 0 amide bonds. The van der Waals surface area contributed by atoms with Crippen molar-refractivity contribution in [3.63, 3.8) is 0 Å². The number of halogens is 1. The van der Waals surface area contributed by atoms with Crippen molar-refractivity contribution in [2.24, 2.45) is 0 Å². The van der Waals surface area contributed by atoms with Gasteiger partial charge >= 0.3 is 0 Å². The zero-order valence-electron chi connectivity index (χ0n) is 6.57. The van der Waals surface area contributed by atoms with Crippen LogP contribution in [0.15, 0.2) is 12.3 Å². The van der Waals surface area contributed by atoms with Crippen LogP contribution >= 0.6 is 27.5 Å². The lowest BCUT2D eigenvalue weighted by Crippen LogP contribution is -2.06. The van der Waals surface area contributed by atoms with Gasteiger partial charge in [0, 0.05) is 11.5 Å². The molecule has 2 heterocycles. The van der Waals surface area contributed by atoms with Crippen molar-refractivity contribution in [2.45, 2.75) is 25.0 Å². The molecule has 0 radical (unpaired) electrons. The largest absolute Gasteiger partial charge is 0.369 e. The van der Waals surface area contributed by atoms with Gasteiger partial charge in [-0.2, -0.15) is 0 Å². The van der Waals surface area contributed by atoms with Crippen LogP contribution in [0.1, 0.15) is 23.8 Å². The molecule has 0 saturated carbocycles. The van der Waals surface area contributed by atoms with E-state index < -0.39 is 0 Å². The minimum Gasteiger partial charge on any atom is -0.369 e. The van der Waals surface area contributed by atoms with E-state index in [4.69, 9.17) is 4.74 Å². The molecule has 1 fully saturated rings. The Bertz CT molecular complexity index is 239. The third-order valence-electron chi connectivity index (χ3n) is 2.05. The number of hydrogen-bond acceptors (Lipinski definition) is 3. The third-order valence-corrected chi connectivity index (χ3v) is 3.61. The van der Waals surface area contributed by atoms with Crippen LogP contribution in [0.4, 0.5) is 0 Å². The predicted molar refractivity (Wildman–Crippen MR) is 52.8 cm³/mol. The first kappa shape index (κ1) is 8.66. The van der Waals surface area contributed by atoms with E-state index in [1.165, 1.54) is 4.88 Å². The van der Waals surface area contributed by atoms with E-state index in [1.54, 1.807) is 11.5 Å². The van der Waals surface area contributed by atoms with E-state index in [0.717, 1.165) is 18.2 Å². The highest BCUT2D eigenvalue weighted by molar-refractivity contribution is 9.09. The smallest absolute Gasteiger partial charge is 0.0937 e. The van der Waals surface area contributed by atoms with Gasteiger partial charge in [0.15, 0.2) is 0 Å². The maximum atomic E-state index is 5.78. The number of hydrogen-bond donors (Lipinski definition) is 0. The first-order valence-electron chi connectivity index (χ1n) is 4.02. The van der Waals surface area contributed by atoms with E-state index >= 15 is 0 Å². The maximum absolute atomic E-state index is 5.78. The molecule has 12 heavy (non-hydrogen) atoms. The summed E-state index contributed by atoms with van der Waals surface area (Å²) in [4.78, 5) is 1.26. The summed E-state index contributed by atoms with van der Waals surface area (Å²) in [6.07, 6.45) is 4.84. The summed E-state index contributed by atoms with van der Waals surface area (Å²) in [5, 5.41) is 0.947. The van der Waals surface area contributed by atoms with Crippen molar-refractivity contribution in [3.8, 4) is 0 Å². The summed E-state index contributed by atoms with van der Waals surface area (Å²) < 4.78 is 9.85. The van der Waals surface area contributed by atoms with Crippen molar-refractivity contribution in [1.29, 1.82) is 0 Å². The minimum atomic E-state index is 0.306. The SMILES string of the molecule is BrCC1CCC(c2ccns2)O1. The zero-order chi connectivity index (χ0) is 8.39. The molecule has 2 rings (SSSR count). The van der Waals surface area contributed by atoms with Crippen LogP contribution in [0.3, 0.4) is 0 Å². The summed E-state index contributed by atoms with van der Waals surface area (Å²) in [5.74, 6) is 0. The summed E-state index contributed by atoms with van der Waals surface area (Å²) in [6.45, 7) is 0. The van der Waals surface area contributed by atoms with Gasteiger partial charge < -0.3 is 4.74 Å². The van der Waals surface area contributed by atoms with E-state index in [9.17, 15) is 0 Å². The first-order chi connectivity index (χ1) is 5.90. The van der Waals surface area contributed by atoms with E-state index in [0.29, 0.717) is 12.2 Å². The summed E-state index contributed by atoms with van der Waals surface area (Å²) >= 11 is 4.97. The molecule has 0 bridgehead atoms. The van der Waals surface area contributed by atoms with Crippen LogP contribution < -0.4 is 0 Å². The molecular weight excluding hydrogens is 238 g/mol.